The first-order valence-corrected chi connectivity index (χ1v) is 3.63. The van der Waals surface area contributed by atoms with Crippen molar-refractivity contribution in [1.29, 1.82) is 0 Å². The smallest absolute Gasteiger partial charge is 0.269 e. The van der Waals surface area contributed by atoms with Crippen molar-refractivity contribution in [2.24, 2.45) is 5.84 Å². The number of nitrogens with two attached hydrogens (primary N) is 1. The van der Waals surface area contributed by atoms with Gasteiger partial charge in [0, 0.05) is 5.56 Å². The molecule has 74 valence electrons. The predicted octanol–water partition coefficient (Wildman–Crippen LogP) is -0.486. The minimum absolute atomic E-state index is 0.0525. The first-order valence-electron chi connectivity index (χ1n) is 3.63. The normalized spacial score (nSPS) is 9.50. The maximum Gasteiger partial charge on any atom is 0.269 e. The highest BCUT2D eigenvalue weighted by molar-refractivity contribution is 6.04. The van der Waals surface area contributed by atoms with Crippen LogP contribution in [0.25, 0.3) is 0 Å². The maximum atomic E-state index is 11.1. The third kappa shape index (κ3) is 1.50. The fourth-order valence-electron chi connectivity index (χ4n) is 1.00. The summed E-state index contributed by atoms with van der Waals surface area (Å²) in [5, 5.41) is 18.4. The number of hydrazine groups is 1. The first-order chi connectivity index (χ1) is 6.61. The van der Waals surface area contributed by atoms with E-state index >= 15 is 0 Å². The number of benzene rings is 1. The van der Waals surface area contributed by atoms with Gasteiger partial charge in [-0.15, -0.1) is 0 Å². The highest BCUT2D eigenvalue weighted by Gasteiger charge is 2.17. The summed E-state index contributed by atoms with van der Waals surface area (Å²) in [5.41, 5.74) is 1.36. The van der Waals surface area contributed by atoms with E-state index in [1.165, 1.54) is 6.07 Å². The topological polar surface area (TPSA) is 113 Å². The van der Waals surface area contributed by atoms with E-state index in [9.17, 15) is 14.7 Å². The van der Waals surface area contributed by atoms with Gasteiger partial charge < -0.3 is 10.2 Å². The van der Waals surface area contributed by atoms with E-state index in [0.29, 0.717) is 6.29 Å². The summed E-state index contributed by atoms with van der Waals surface area (Å²) in [6.07, 6.45) is 0.379. The van der Waals surface area contributed by atoms with Gasteiger partial charge in [-0.2, -0.15) is 0 Å². The molecule has 0 fully saturated rings. The summed E-state index contributed by atoms with van der Waals surface area (Å²) in [4.78, 5) is 21.6. The van der Waals surface area contributed by atoms with E-state index < -0.39 is 17.4 Å². The highest BCUT2D eigenvalue weighted by atomic mass is 16.3. The lowest BCUT2D eigenvalue weighted by Crippen LogP contribution is -2.30. The number of phenols is 2. The Balaban J connectivity index is 3.42. The van der Waals surface area contributed by atoms with Crippen molar-refractivity contribution in [3.63, 3.8) is 0 Å². The highest BCUT2D eigenvalue weighted by Crippen LogP contribution is 2.30. The number of aromatic hydroxyl groups is 2. The number of amides is 1. The standard InChI is InChI=1S/C8H8N2O4/c9-10-8(14)6-4(3-11)1-2-5(12)7(6)13/h1-3,12-13H,9H2,(H,10,14). The second-order valence-electron chi connectivity index (χ2n) is 2.49. The molecule has 0 unspecified atom stereocenters. The number of nitrogen functional groups attached to an aromatic ring is 1. The third-order valence-corrected chi connectivity index (χ3v) is 1.67. The van der Waals surface area contributed by atoms with E-state index in [0.717, 1.165) is 6.07 Å². The molecule has 0 aliphatic rings. The van der Waals surface area contributed by atoms with Gasteiger partial charge in [-0.25, -0.2) is 5.84 Å². The minimum Gasteiger partial charge on any atom is -0.504 e. The van der Waals surface area contributed by atoms with Crippen molar-refractivity contribution in [3.8, 4) is 11.5 Å². The van der Waals surface area contributed by atoms with Crippen LogP contribution >= 0.6 is 0 Å². The summed E-state index contributed by atoms with van der Waals surface area (Å²) >= 11 is 0. The Bertz CT molecular complexity index is 389. The van der Waals surface area contributed by atoms with E-state index in [4.69, 9.17) is 10.9 Å². The van der Waals surface area contributed by atoms with Crippen molar-refractivity contribution in [1.82, 2.24) is 5.43 Å². The maximum absolute atomic E-state index is 11.1. The monoisotopic (exact) mass is 196 g/mol. The zero-order valence-electron chi connectivity index (χ0n) is 7.02. The van der Waals surface area contributed by atoms with Gasteiger partial charge >= 0.3 is 0 Å². The zero-order valence-corrected chi connectivity index (χ0v) is 7.02. The molecule has 0 bridgehead atoms. The number of nitrogens with one attached hydrogen (secondary N) is 1. The van der Waals surface area contributed by atoms with Gasteiger partial charge in [0.25, 0.3) is 5.91 Å². The van der Waals surface area contributed by atoms with Crippen LogP contribution in [0.15, 0.2) is 12.1 Å². The van der Waals surface area contributed by atoms with Crippen molar-refractivity contribution < 1.29 is 19.8 Å². The number of hydrogen-bond acceptors (Lipinski definition) is 5. The molecule has 1 amide bonds. The molecule has 0 spiro atoms. The lowest BCUT2D eigenvalue weighted by molar-refractivity contribution is 0.0944. The Morgan fingerprint density at radius 1 is 1.43 bits per heavy atom. The molecule has 0 aromatic heterocycles. The minimum atomic E-state index is -0.847. The van der Waals surface area contributed by atoms with Crippen LogP contribution in [-0.4, -0.2) is 22.4 Å². The lowest BCUT2D eigenvalue weighted by Gasteiger charge is -2.06. The largest absolute Gasteiger partial charge is 0.504 e. The summed E-state index contributed by atoms with van der Waals surface area (Å²) < 4.78 is 0. The van der Waals surface area contributed by atoms with Crippen molar-refractivity contribution in [3.05, 3.63) is 23.3 Å². The predicted molar refractivity (Wildman–Crippen MR) is 46.8 cm³/mol. The Morgan fingerprint density at radius 3 is 2.57 bits per heavy atom. The van der Waals surface area contributed by atoms with Gasteiger partial charge in [-0.3, -0.25) is 15.0 Å². The van der Waals surface area contributed by atoms with Crippen LogP contribution in [0.1, 0.15) is 20.7 Å². The number of rotatable bonds is 2. The van der Waals surface area contributed by atoms with Crippen LogP contribution in [0.2, 0.25) is 0 Å². The fraction of sp³-hybridized carbons (Fsp3) is 0. The Kier molecular flexibility index (Phi) is 2.68. The SMILES string of the molecule is NNC(=O)c1c(C=O)ccc(O)c1O. The Labute approximate surface area is 78.9 Å². The molecule has 5 N–H and O–H groups in total. The molecule has 0 atom stereocenters. The van der Waals surface area contributed by atoms with E-state index in [1.807, 2.05) is 0 Å². The van der Waals surface area contributed by atoms with Crippen molar-refractivity contribution in [2.45, 2.75) is 0 Å². The van der Waals surface area contributed by atoms with Crippen LogP contribution < -0.4 is 11.3 Å². The molecule has 6 heteroatoms. The molecule has 0 radical (unpaired) electrons. The molecule has 0 heterocycles. The first kappa shape index (κ1) is 10.0. The van der Waals surface area contributed by atoms with E-state index in [1.54, 1.807) is 5.43 Å². The molecule has 0 aliphatic heterocycles. The van der Waals surface area contributed by atoms with Crippen molar-refractivity contribution in [2.75, 3.05) is 0 Å². The van der Waals surface area contributed by atoms with Crippen LogP contribution in [0.5, 0.6) is 11.5 Å². The molecule has 1 rings (SSSR count). The summed E-state index contributed by atoms with van der Waals surface area (Å²) in [7, 11) is 0. The van der Waals surface area contributed by atoms with Gasteiger partial charge in [0.1, 0.15) is 0 Å². The van der Waals surface area contributed by atoms with E-state index in [2.05, 4.69) is 0 Å². The number of hydrogen-bond donors (Lipinski definition) is 4. The molecule has 1 aromatic rings. The second-order valence-corrected chi connectivity index (χ2v) is 2.49. The molecular formula is C8H8N2O4. The van der Waals surface area contributed by atoms with Crippen molar-refractivity contribution >= 4 is 12.2 Å². The lowest BCUT2D eigenvalue weighted by atomic mass is 10.1. The molecule has 6 nitrogen and oxygen atoms in total. The zero-order chi connectivity index (χ0) is 10.7. The summed E-state index contributed by atoms with van der Waals surface area (Å²) in [6.45, 7) is 0. The Hall–Kier alpha value is -2.08. The molecule has 1 aromatic carbocycles. The molecule has 0 saturated heterocycles. The van der Waals surface area contributed by atoms with Gasteiger partial charge in [0.2, 0.25) is 0 Å². The average molecular weight is 196 g/mol. The van der Waals surface area contributed by atoms with Crippen LogP contribution in [0.4, 0.5) is 0 Å². The number of carbonyl (C=O) groups is 2. The van der Waals surface area contributed by atoms with Crippen LogP contribution in [-0.2, 0) is 0 Å². The molecule has 0 saturated carbocycles. The number of aldehydes is 1. The quantitative estimate of drug-likeness (QED) is 0.168. The molecule has 0 aliphatic carbocycles. The third-order valence-electron chi connectivity index (χ3n) is 1.67. The van der Waals surface area contributed by atoms with Gasteiger partial charge in [-0.1, -0.05) is 0 Å². The number of phenolic OH excluding ortho intramolecular Hbond substituents is 2. The van der Waals surface area contributed by atoms with Crippen LogP contribution in [0.3, 0.4) is 0 Å². The second kappa shape index (κ2) is 3.75. The Morgan fingerprint density at radius 2 is 2.07 bits per heavy atom. The summed E-state index contributed by atoms with van der Waals surface area (Å²) in [5.74, 6) is 2.83. The molecular weight excluding hydrogens is 188 g/mol. The van der Waals surface area contributed by atoms with Gasteiger partial charge in [0.15, 0.2) is 17.8 Å². The average Bonchev–Trinajstić information content (AvgIpc) is 2.20. The number of carbonyl (C=O) groups excluding carboxylic acids is 2. The van der Waals surface area contributed by atoms with Crippen LogP contribution in [0, 0.1) is 0 Å². The molecule has 14 heavy (non-hydrogen) atoms. The van der Waals surface area contributed by atoms with Gasteiger partial charge in [0.05, 0.1) is 5.56 Å². The summed E-state index contributed by atoms with van der Waals surface area (Å²) in [6, 6.07) is 2.30. The van der Waals surface area contributed by atoms with Gasteiger partial charge in [-0.05, 0) is 12.1 Å². The van der Waals surface area contributed by atoms with E-state index in [-0.39, 0.29) is 11.1 Å². The fourth-order valence-corrected chi connectivity index (χ4v) is 1.00.